The summed E-state index contributed by atoms with van der Waals surface area (Å²) in [6.45, 7) is 3.33. The number of carbonyl (C=O) groups excluding carboxylic acids is 1. The highest BCUT2D eigenvalue weighted by Gasteiger charge is 2.06. The fraction of sp³-hybridized carbons (Fsp3) is 0.333. The first-order valence-electron chi connectivity index (χ1n) is 8.86. The van der Waals surface area contributed by atoms with Crippen molar-refractivity contribution in [1.82, 2.24) is 5.32 Å². The molecule has 142 valence electrons. The highest BCUT2D eigenvalue weighted by Crippen LogP contribution is 2.28. The summed E-state index contributed by atoms with van der Waals surface area (Å²) in [4.78, 5) is 11.2. The number of nitrogens with one attached hydrogen (secondary N) is 2. The summed E-state index contributed by atoms with van der Waals surface area (Å²) in [7, 11) is 1.61. The highest BCUT2D eigenvalue weighted by molar-refractivity contribution is 5.88. The number of unbranched alkanes of at least 4 members (excludes halogenated alkanes) is 1. The van der Waals surface area contributed by atoms with Crippen molar-refractivity contribution >= 4 is 11.6 Å². The fourth-order valence-corrected chi connectivity index (χ4v) is 2.59. The Kier molecular flexibility index (Phi) is 8.14. The van der Waals surface area contributed by atoms with Crippen molar-refractivity contribution in [2.24, 2.45) is 0 Å². The number of nitrogens with zero attached hydrogens (tertiary/aromatic N) is 1. The van der Waals surface area contributed by atoms with Gasteiger partial charge in [0.25, 0.3) is 0 Å². The van der Waals surface area contributed by atoms with Crippen LogP contribution in [0.5, 0.6) is 11.5 Å². The zero-order valence-electron chi connectivity index (χ0n) is 15.7. The van der Waals surface area contributed by atoms with Crippen LogP contribution in [0.25, 0.3) is 0 Å². The zero-order chi connectivity index (χ0) is 19.5. The van der Waals surface area contributed by atoms with Gasteiger partial charge < -0.3 is 20.1 Å². The predicted molar refractivity (Wildman–Crippen MR) is 105 cm³/mol. The Labute approximate surface area is 160 Å². The topological polar surface area (TPSA) is 83.4 Å². The molecule has 2 rings (SSSR count). The van der Waals surface area contributed by atoms with Crippen LogP contribution >= 0.6 is 0 Å². The Hall–Kier alpha value is -3.04. The van der Waals surface area contributed by atoms with Crippen molar-refractivity contribution in [3.8, 4) is 17.6 Å². The van der Waals surface area contributed by atoms with Gasteiger partial charge in [0.1, 0.15) is 0 Å². The van der Waals surface area contributed by atoms with Gasteiger partial charge >= 0.3 is 0 Å². The van der Waals surface area contributed by atoms with Crippen molar-refractivity contribution in [3.05, 3.63) is 53.6 Å². The Bertz CT molecular complexity index is 799. The van der Waals surface area contributed by atoms with Gasteiger partial charge in [0.2, 0.25) is 5.91 Å². The van der Waals surface area contributed by atoms with Crippen LogP contribution in [0.3, 0.4) is 0 Å². The number of carbonyl (C=O) groups is 1. The van der Waals surface area contributed by atoms with Crippen LogP contribution in [-0.2, 0) is 17.9 Å². The molecule has 0 atom stereocenters. The molecule has 0 aliphatic carbocycles. The second kappa shape index (κ2) is 10.8. The molecule has 0 aromatic heterocycles. The number of methoxy groups -OCH3 is 1. The summed E-state index contributed by atoms with van der Waals surface area (Å²) in [6.07, 6.45) is 1.16. The van der Waals surface area contributed by atoms with E-state index in [1.165, 1.54) is 6.92 Å². The number of nitriles is 1. The molecule has 2 aromatic rings. The number of benzene rings is 2. The van der Waals surface area contributed by atoms with E-state index in [4.69, 9.17) is 14.7 Å². The van der Waals surface area contributed by atoms with Crippen LogP contribution in [-0.4, -0.2) is 19.6 Å². The molecule has 0 saturated heterocycles. The van der Waals surface area contributed by atoms with Gasteiger partial charge in [-0.15, -0.1) is 0 Å². The maximum Gasteiger partial charge on any atom is 0.221 e. The molecule has 0 fully saturated rings. The predicted octanol–water partition coefficient (Wildman–Crippen LogP) is 3.63. The number of hydrogen-bond donors (Lipinski definition) is 2. The van der Waals surface area contributed by atoms with Gasteiger partial charge in [0, 0.05) is 32.1 Å². The van der Waals surface area contributed by atoms with Crippen LogP contribution < -0.4 is 20.1 Å². The van der Waals surface area contributed by atoms with Gasteiger partial charge in [-0.3, -0.25) is 4.79 Å². The second-order valence-electron chi connectivity index (χ2n) is 6.08. The first-order chi connectivity index (χ1) is 13.1. The van der Waals surface area contributed by atoms with E-state index >= 15 is 0 Å². The average Bonchev–Trinajstić information content (AvgIpc) is 2.65. The van der Waals surface area contributed by atoms with Crippen LogP contribution in [0, 0.1) is 11.3 Å². The molecule has 27 heavy (non-hydrogen) atoms. The summed E-state index contributed by atoms with van der Waals surface area (Å²) in [5, 5.41) is 14.8. The molecule has 0 aliphatic rings. The van der Waals surface area contributed by atoms with E-state index in [0.717, 1.165) is 16.8 Å². The summed E-state index contributed by atoms with van der Waals surface area (Å²) in [5.41, 5.74) is 2.95. The highest BCUT2D eigenvalue weighted by atomic mass is 16.5. The van der Waals surface area contributed by atoms with Crippen LogP contribution in [0.2, 0.25) is 0 Å². The first-order valence-corrected chi connectivity index (χ1v) is 8.86. The minimum atomic E-state index is -0.0827. The lowest BCUT2D eigenvalue weighted by Crippen LogP contribution is -2.13. The molecule has 0 radical (unpaired) electrons. The smallest absolute Gasteiger partial charge is 0.221 e. The molecule has 6 nitrogen and oxygen atoms in total. The standard InChI is InChI=1S/C21H25N3O3/c1-16(25)24-19-7-5-6-17(12-19)14-23-15-18-8-9-20(26-2)21(13-18)27-11-4-3-10-22/h5-9,12-13,23H,3-4,11,14-15H2,1-2H3,(H,24,25). The number of amides is 1. The van der Waals surface area contributed by atoms with Crippen LogP contribution in [0.4, 0.5) is 5.69 Å². The Balaban J connectivity index is 1.91. The van der Waals surface area contributed by atoms with Gasteiger partial charge in [-0.1, -0.05) is 18.2 Å². The number of ether oxygens (including phenoxy) is 2. The lowest BCUT2D eigenvalue weighted by atomic mass is 10.1. The Morgan fingerprint density at radius 1 is 1.11 bits per heavy atom. The minimum Gasteiger partial charge on any atom is -0.493 e. The molecule has 0 heterocycles. The zero-order valence-corrected chi connectivity index (χ0v) is 15.7. The molecular formula is C21H25N3O3. The van der Waals surface area contributed by atoms with Crippen molar-refractivity contribution in [3.63, 3.8) is 0 Å². The number of anilines is 1. The third-order valence-electron chi connectivity index (χ3n) is 3.82. The van der Waals surface area contributed by atoms with Crippen molar-refractivity contribution in [2.75, 3.05) is 19.0 Å². The molecule has 0 unspecified atom stereocenters. The molecule has 2 aromatic carbocycles. The normalized spacial score (nSPS) is 10.1. The third kappa shape index (κ3) is 7.00. The van der Waals surface area contributed by atoms with Crippen molar-refractivity contribution in [2.45, 2.75) is 32.9 Å². The SMILES string of the molecule is COc1ccc(CNCc2cccc(NC(C)=O)c2)cc1OCCCC#N. The maximum atomic E-state index is 11.2. The molecule has 1 amide bonds. The lowest BCUT2D eigenvalue weighted by molar-refractivity contribution is -0.114. The van der Waals surface area contributed by atoms with Crippen LogP contribution in [0.15, 0.2) is 42.5 Å². The van der Waals surface area contributed by atoms with E-state index in [2.05, 4.69) is 16.7 Å². The summed E-state index contributed by atoms with van der Waals surface area (Å²) >= 11 is 0. The molecule has 0 saturated carbocycles. The second-order valence-corrected chi connectivity index (χ2v) is 6.08. The number of rotatable bonds is 10. The van der Waals surface area contributed by atoms with Gasteiger partial charge in [-0.05, 0) is 41.8 Å². The molecule has 0 bridgehead atoms. The maximum absolute atomic E-state index is 11.2. The molecule has 2 N–H and O–H groups in total. The molecule has 0 spiro atoms. The quantitative estimate of drug-likeness (QED) is 0.627. The van der Waals surface area contributed by atoms with E-state index in [1.54, 1.807) is 7.11 Å². The largest absolute Gasteiger partial charge is 0.493 e. The Morgan fingerprint density at radius 3 is 2.59 bits per heavy atom. The molecule has 6 heteroatoms. The first kappa shape index (κ1) is 20.3. The summed E-state index contributed by atoms with van der Waals surface area (Å²) in [5.74, 6) is 1.28. The van der Waals surface area contributed by atoms with E-state index in [9.17, 15) is 4.79 Å². The van der Waals surface area contributed by atoms with Crippen LogP contribution in [0.1, 0.15) is 30.9 Å². The van der Waals surface area contributed by atoms with Gasteiger partial charge in [-0.25, -0.2) is 0 Å². The lowest BCUT2D eigenvalue weighted by Gasteiger charge is -2.13. The summed E-state index contributed by atoms with van der Waals surface area (Å²) < 4.78 is 11.1. The van der Waals surface area contributed by atoms with E-state index in [1.807, 2.05) is 42.5 Å². The Morgan fingerprint density at radius 2 is 1.89 bits per heavy atom. The van der Waals surface area contributed by atoms with E-state index in [0.29, 0.717) is 44.0 Å². The van der Waals surface area contributed by atoms with Gasteiger partial charge in [-0.2, -0.15) is 5.26 Å². The summed E-state index contributed by atoms with van der Waals surface area (Å²) in [6, 6.07) is 15.7. The fourth-order valence-electron chi connectivity index (χ4n) is 2.59. The van der Waals surface area contributed by atoms with Gasteiger partial charge in [0.15, 0.2) is 11.5 Å². The van der Waals surface area contributed by atoms with Gasteiger partial charge in [0.05, 0.1) is 19.8 Å². The average molecular weight is 367 g/mol. The van der Waals surface area contributed by atoms with E-state index in [-0.39, 0.29) is 5.91 Å². The molecule has 0 aliphatic heterocycles. The third-order valence-corrected chi connectivity index (χ3v) is 3.82. The monoisotopic (exact) mass is 367 g/mol. The van der Waals surface area contributed by atoms with Crippen molar-refractivity contribution in [1.29, 1.82) is 5.26 Å². The number of hydrogen-bond acceptors (Lipinski definition) is 5. The molecular weight excluding hydrogens is 342 g/mol. The minimum absolute atomic E-state index is 0.0827. The van der Waals surface area contributed by atoms with Crippen molar-refractivity contribution < 1.29 is 14.3 Å². The van der Waals surface area contributed by atoms with E-state index < -0.39 is 0 Å².